The Labute approximate surface area is 137 Å². The van der Waals surface area contributed by atoms with Crippen LogP contribution < -0.4 is 15.5 Å². The summed E-state index contributed by atoms with van der Waals surface area (Å²) >= 11 is 0. The van der Waals surface area contributed by atoms with E-state index in [1.54, 1.807) is 0 Å². The summed E-state index contributed by atoms with van der Waals surface area (Å²) in [6, 6.07) is 4.09. The van der Waals surface area contributed by atoms with Crippen molar-refractivity contribution >= 4 is 11.7 Å². The number of morpholine rings is 1. The van der Waals surface area contributed by atoms with E-state index in [1.165, 1.54) is 12.8 Å². The first-order valence-corrected chi connectivity index (χ1v) is 8.52. The van der Waals surface area contributed by atoms with Gasteiger partial charge in [-0.25, -0.2) is 4.98 Å². The van der Waals surface area contributed by atoms with Crippen molar-refractivity contribution in [2.45, 2.75) is 32.4 Å². The van der Waals surface area contributed by atoms with E-state index in [2.05, 4.69) is 33.5 Å². The second-order valence-electron chi connectivity index (χ2n) is 6.48. The van der Waals surface area contributed by atoms with Gasteiger partial charge in [-0.1, -0.05) is 13.0 Å². The molecule has 0 saturated carbocycles. The average molecular weight is 318 g/mol. The number of carbonyl (C=O) groups is 1. The van der Waals surface area contributed by atoms with Crippen LogP contribution in [0.5, 0.6) is 0 Å². The number of pyridine rings is 1. The SMILES string of the molecule is CC1CCN(c2ccc(CNC(=O)[C@H]3CNCCO3)cn2)CC1. The molecule has 2 N–H and O–H groups in total. The second-order valence-corrected chi connectivity index (χ2v) is 6.48. The van der Waals surface area contributed by atoms with Crippen molar-refractivity contribution in [3.8, 4) is 0 Å². The van der Waals surface area contributed by atoms with Crippen LogP contribution in [-0.2, 0) is 16.1 Å². The van der Waals surface area contributed by atoms with Crippen molar-refractivity contribution in [3.05, 3.63) is 23.9 Å². The predicted octanol–water partition coefficient (Wildman–Crippen LogP) is 0.923. The van der Waals surface area contributed by atoms with Crippen LogP contribution in [0.4, 0.5) is 5.82 Å². The first kappa shape index (κ1) is 16.2. The van der Waals surface area contributed by atoms with E-state index in [-0.39, 0.29) is 12.0 Å². The minimum Gasteiger partial charge on any atom is -0.366 e. The number of carbonyl (C=O) groups excluding carboxylic acids is 1. The van der Waals surface area contributed by atoms with Gasteiger partial charge in [0.1, 0.15) is 11.9 Å². The maximum Gasteiger partial charge on any atom is 0.250 e. The summed E-state index contributed by atoms with van der Waals surface area (Å²) in [4.78, 5) is 18.9. The lowest BCUT2D eigenvalue weighted by atomic mass is 9.99. The first-order valence-electron chi connectivity index (χ1n) is 8.52. The molecule has 2 saturated heterocycles. The Morgan fingerprint density at radius 1 is 1.43 bits per heavy atom. The summed E-state index contributed by atoms with van der Waals surface area (Å²) in [6.07, 6.45) is 3.93. The highest BCUT2D eigenvalue weighted by Crippen LogP contribution is 2.21. The van der Waals surface area contributed by atoms with Gasteiger partial charge in [0.05, 0.1) is 6.61 Å². The standard InChI is InChI=1S/C17H26N4O2/c1-13-4-7-21(8-5-13)16-3-2-14(10-19-16)11-20-17(22)15-12-18-6-9-23-15/h2-3,10,13,15,18H,4-9,11-12H2,1H3,(H,20,22)/t15-/m1/s1. The van der Waals surface area contributed by atoms with Crippen LogP contribution >= 0.6 is 0 Å². The molecule has 3 rings (SSSR count). The molecule has 2 aliphatic heterocycles. The molecule has 1 atom stereocenters. The lowest BCUT2D eigenvalue weighted by molar-refractivity contribution is -0.134. The molecular formula is C17H26N4O2. The van der Waals surface area contributed by atoms with Crippen LogP contribution in [0.15, 0.2) is 18.3 Å². The summed E-state index contributed by atoms with van der Waals surface area (Å²) in [5.74, 6) is 1.79. The van der Waals surface area contributed by atoms with Crippen LogP contribution in [0.25, 0.3) is 0 Å². The van der Waals surface area contributed by atoms with E-state index in [0.717, 1.165) is 36.9 Å². The van der Waals surface area contributed by atoms with Crippen LogP contribution in [-0.4, -0.2) is 49.8 Å². The normalized spacial score (nSPS) is 22.8. The molecule has 6 nitrogen and oxygen atoms in total. The Balaban J connectivity index is 1.48. The Hall–Kier alpha value is -1.66. The summed E-state index contributed by atoms with van der Waals surface area (Å²) in [5.41, 5.74) is 1.01. The van der Waals surface area contributed by atoms with E-state index >= 15 is 0 Å². The van der Waals surface area contributed by atoms with Gasteiger partial charge in [0.2, 0.25) is 0 Å². The molecule has 23 heavy (non-hydrogen) atoms. The van der Waals surface area contributed by atoms with Crippen molar-refractivity contribution in [2.24, 2.45) is 5.92 Å². The number of piperidine rings is 1. The molecule has 0 radical (unpaired) electrons. The van der Waals surface area contributed by atoms with Crippen molar-refractivity contribution in [1.29, 1.82) is 0 Å². The van der Waals surface area contributed by atoms with Gasteiger partial charge in [-0.15, -0.1) is 0 Å². The van der Waals surface area contributed by atoms with Crippen molar-refractivity contribution in [2.75, 3.05) is 37.7 Å². The van der Waals surface area contributed by atoms with Crippen LogP contribution in [0.1, 0.15) is 25.3 Å². The number of amides is 1. The monoisotopic (exact) mass is 318 g/mol. The van der Waals surface area contributed by atoms with Gasteiger partial charge in [0.15, 0.2) is 0 Å². The van der Waals surface area contributed by atoms with Crippen molar-refractivity contribution < 1.29 is 9.53 Å². The third-order valence-electron chi connectivity index (χ3n) is 4.60. The molecule has 2 fully saturated rings. The topological polar surface area (TPSA) is 66.5 Å². The van der Waals surface area contributed by atoms with Gasteiger partial charge in [0.25, 0.3) is 5.91 Å². The smallest absolute Gasteiger partial charge is 0.250 e. The van der Waals surface area contributed by atoms with Gasteiger partial charge < -0.3 is 20.3 Å². The summed E-state index contributed by atoms with van der Waals surface area (Å²) in [5, 5.41) is 6.07. The number of rotatable bonds is 4. The summed E-state index contributed by atoms with van der Waals surface area (Å²) in [6.45, 7) is 6.93. The number of ether oxygens (including phenoxy) is 1. The zero-order chi connectivity index (χ0) is 16.1. The van der Waals surface area contributed by atoms with E-state index in [1.807, 2.05) is 12.3 Å². The van der Waals surface area contributed by atoms with E-state index in [0.29, 0.717) is 19.7 Å². The van der Waals surface area contributed by atoms with Gasteiger partial charge in [-0.3, -0.25) is 4.79 Å². The van der Waals surface area contributed by atoms with Gasteiger partial charge in [-0.2, -0.15) is 0 Å². The van der Waals surface area contributed by atoms with E-state index in [4.69, 9.17) is 4.74 Å². The molecule has 0 aromatic carbocycles. The summed E-state index contributed by atoms with van der Waals surface area (Å²) in [7, 11) is 0. The highest BCUT2D eigenvalue weighted by atomic mass is 16.5. The Morgan fingerprint density at radius 2 is 2.26 bits per heavy atom. The quantitative estimate of drug-likeness (QED) is 0.864. The minimum absolute atomic E-state index is 0.0636. The molecule has 0 bridgehead atoms. The fourth-order valence-corrected chi connectivity index (χ4v) is 2.98. The third kappa shape index (κ3) is 4.42. The molecule has 1 amide bonds. The number of hydrogen-bond acceptors (Lipinski definition) is 5. The molecule has 1 aromatic rings. The molecule has 2 aliphatic rings. The largest absolute Gasteiger partial charge is 0.366 e. The van der Waals surface area contributed by atoms with E-state index < -0.39 is 0 Å². The van der Waals surface area contributed by atoms with Gasteiger partial charge >= 0.3 is 0 Å². The zero-order valence-corrected chi connectivity index (χ0v) is 13.8. The highest BCUT2D eigenvalue weighted by Gasteiger charge is 2.21. The van der Waals surface area contributed by atoms with Gasteiger partial charge in [0, 0.05) is 38.9 Å². The van der Waals surface area contributed by atoms with Gasteiger partial charge in [-0.05, 0) is 30.4 Å². The lowest BCUT2D eigenvalue weighted by Crippen LogP contribution is -2.47. The Morgan fingerprint density at radius 3 is 2.91 bits per heavy atom. The minimum atomic E-state index is -0.383. The van der Waals surface area contributed by atoms with E-state index in [9.17, 15) is 4.79 Å². The van der Waals surface area contributed by atoms with Crippen LogP contribution in [0, 0.1) is 5.92 Å². The predicted molar refractivity (Wildman–Crippen MR) is 89.3 cm³/mol. The molecule has 0 aliphatic carbocycles. The number of anilines is 1. The number of nitrogens with zero attached hydrogens (tertiary/aromatic N) is 2. The zero-order valence-electron chi connectivity index (χ0n) is 13.8. The molecule has 0 unspecified atom stereocenters. The molecule has 3 heterocycles. The Kier molecular flexibility index (Phi) is 5.46. The van der Waals surface area contributed by atoms with Crippen LogP contribution in [0.3, 0.4) is 0 Å². The molecule has 0 spiro atoms. The molecule has 6 heteroatoms. The third-order valence-corrected chi connectivity index (χ3v) is 4.60. The second kappa shape index (κ2) is 7.75. The molecular weight excluding hydrogens is 292 g/mol. The first-order chi connectivity index (χ1) is 11.2. The Bertz CT molecular complexity index is 506. The van der Waals surface area contributed by atoms with Crippen LogP contribution in [0.2, 0.25) is 0 Å². The lowest BCUT2D eigenvalue weighted by Gasteiger charge is -2.31. The molecule has 1 aromatic heterocycles. The summed E-state index contributed by atoms with van der Waals surface area (Å²) < 4.78 is 5.44. The fraction of sp³-hybridized carbons (Fsp3) is 0.647. The maximum atomic E-state index is 12.0. The maximum absolute atomic E-state index is 12.0. The number of hydrogen-bond donors (Lipinski definition) is 2. The van der Waals surface area contributed by atoms with Crippen molar-refractivity contribution in [1.82, 2.24) is 15.6 Å². The average Bonchev–Trinajstić information content (AvgIpc) is 2.61. The fourth-order valence-electron chi connectivity index (χ4n) is 2.98. The van der Waals surface area contributed by atoms with Crippen molar-refractivity contribution in [3.63, 3.8) is 0 Å². The number of nitrogens with one attached hydrogen (secondary N) is 2. The molecule has 126 valence electrons. The number of aromatic nitrogens is 1. The highest BCUT2D eigenvalue weighted by molar-refractivity contribution is 5.81.